The molecule has 0 spiro atoms. The molecular formula is C20H42N4O3S2. The number of nitrogens with two attached hydrogens (primary N) is 1. The molecule has 0 aliphatic rings. The molecule has 0 aromatic rings. The molecule has 0 aliphatic heterocycles. The van der Waals surface area contributed by atoms with Crippen LogP contribution in [-0.2, 0) is 9.59 Å². The molecule has 0 aromatic carbocycles. The summed E-state index contributed by atoms with van der Waals surface area (Å²) in [5.74, 6) is 0.534. The van der Waals surface area contributed by atoms with E-state index < -0.39 is 12.0 Å². The highest BCUT2D eigenvalue weighted by atomic mass is 32.2. The minimum Gasteiger partial charge on any atom is -0.480 e. The van der Waals surface area contributed by atoms with E-state index in [0.717, 1.165) is 12.8 Å². The molecule has 5 N–H and O–H groups in total. The Bertz CT molecular complexity index is 471. The predicted octanol–water partition coefficient (Wildman–Crippen LogP) is 1.67. The van der Waals surface area contributed by atoms with E-state index >= 15 is 0 Å². The van der Waals surface area contributed by atoms with E-state index in [0.29, 0.717) is 43.4 Å². The van der Waals surface area contributed by atoms with Crippen LogP contribution in [-0.4, -0.2) is 83.9 Å². The third-order valence-electron chi connectivity index (χ3n) is 5.31. The monoisotopic (exact) mass is 450 g/mol. The van der Waals surface area contributed by atoms with Crippen LogP contribution in [0.2, 0.25) is 0 Å². The summed E-state index contributed by atoms with van der Waals surface area (Å²) in [7, 11) is 1.94. The van der Waals surface area contributed by atoms with E-state index in [1.807, 2.05) is 25.1 Å². The second-order valence-electron chi connectivity index (χ2n) is 7.77. The van der Waals surface area contributed by atoms with Gasteiger partial charge in [0.05, 0.1) is 6.04 Å². The van der Waals surface area contributed by atoms with Crippen molar-refractivity contribution >= 4 is 36.3 Å². The third-order valence-corrected chi connectivity index (χ3v) is 6.43. The van der Waals surface area contributed by atoms with Crippen molar-refractivity contribution in [1.82, 2.24) is 15.5 Å². The van der Waals surface area contributed by atoms with Crippen molar-refractivity contribution in [3.63, 3.8) is 0 Å². The molecule has 0 saturated carbocycles. The second kappa shape index (κ2) is 16.2. The second-order valence-corrected chi connectivity index (χ2v) is 9.12. The Kier molecular flexibility index (Phi) is 16.0. The quantitative estimate of drug-likeness (QED) is 0.215. The van der Waals surface area contributed by atoms with E-state index in [1.165, 1.54) is 0 Å². The van der Waals surface area contributed by atoms with E-state index in [9.17, 15) is 14.7 Å². The maximum Gasteiger partial charge on any atom is 0.326 e. The van der Waals surface area contributed by atoms with E-state index in [2.05, 4.69) is 37.1 Å². The smallest absolute Gasteiger partial charge is 0.326 e. The normalized spacial score (nSPS) is 16.8. The fraction of sp³-hybridized carbons (Fsp3) is 0.900. The van der Waals surface area contributed by atoms with E-state index in [1.54, 1.807) is 11.8 Å². The first-order chi connectivity index (χ1) is 13.7. The number of aliphatic carboxylic acids is 1. The number of carbonyl (C=O) groups excluding carboxylic acids is 1. The summed E-state index contributed by atoms with van der Waals surface area (Å²) >= 11 is 5.82. The zero-order chi connectivity index (χ0) is 22.4. The molecule has 0 saturated heterocycles. The first-order valence-corrected chi connectivity index (χ1v) is 12.6. The largest absolute Gasteiger partial charge is 0.480 e. The van der Waals surface area contributed by atoms with Crippen molar-refractivity contribution < 1.29 is 14.7 Å². The van der Waals surface area contributed by atoms with Gasteiger partial charge < -0.3 is 21.5 Å². The number of thioether (sulfide) groups is 1. The summed E-state index contributed by atoms with van der Waals surface area (Å²) in [6.45, 7) is 7.74. The maximum absolute atomic E-state index is 12.9. The van der Waals surface area contributed by atoms with Gasteiger partial charge in [0.2, 0.25) is 5.91 Å². The van der Waals surface area contributed by atoms with Gasteiger partial charge in [-0.25, -0.2) is 4.79 Å². The van der Waals surface area contributed by atoms with Gasteiger partial charge >= 0.3 is 5.97 Å². The highest BCUT2D eigenvalue weighted by molar-refractivity contribution is 7.98. The summed E-state index contributed by atoms with van der Waals surface area (Å²) in [5, 5.41) is 15.7. The van der Waals surface area contributed by atoms with Gasteiger partial charge in [0.25, 0.3) is 0 Å². The predicted molar refractivity (Wildman–Crippen MR) is 127 cm³/mol. The number of carboxylic acids is 1. The lowest BCUT2D eigenvalue weighted by Gasteiger charge is -2.34. The molecule has 0 bridgehead atoms. The number of carbonyl (C=O) groups is 2. The number of hydrogen-bond acceptors (Lipinski definition) is 7. The molecule has 0 aromatic heterocycles. The van der Waals surface area contributed by atoms with Gasteiger partial charge in [0.15, 0.2) is 0 Å². The molecule has 4 unspecified atom stereocenters. The number of carboxylic acid groups (broad SMARTS) is 1. The van der Waals surface area contributed by atoms with Crippen molar-refractivity contribution in [2.75, 3.05) is 37.9 Å². The molecule has 0 fully saturated rings. The Labute approximate surface area is 186 Å². The number of likely N-dealkylation sites (N-methyl/N-ethyl adjacent to an activating group) is 1. The Morgan fingerprint density at radius 1 is 1.28 bits per heavy atom. The van der Waals surface area contributed by atoms with Crippen molar-refractivity contribution in [2.24, 2.45) is 11.7 Å². The summed E-state index contributed by atoms with van der Waals surface area (Å²) in [4.78, 5) is 26.5. The molecule has 172 valence electrons. The van der Waals surface area contributed by atoms with Crippen LogP contribution in [0.5, 0.6) is 0 Å². The van der Waals surface area contributed by atoms with Gasteiger partial charge in [0, 0.05) is 30.9 Å². The van der Waals surface area contributed by atoms with Crippen LogP contribution in [0.1, 0.15) is 46.5 Å². The van der Waals surface area contributed by atoms with Crippen LogP contribution < -0.4 is 16.4 Å². The van der Waals surface area contributed by atoms with E-state index in [4.69, 9.17) is 5.73 Å². The minimum absolute atomic E-state index is 0.0160. The molecular weight excluding hydrogens is 408 g/mol. The summed E-state index contributed by atoms with van der Waals surface area (Å²) in [5.41, 5.74) is 6.00. The number of amides is 1. The molecule has 0 rings (SSSR count). The van der Waals surface area contributed by atoms with Gasteiger partial charge in [-0.1, -0.05) is 33.6 Å². The van der Waals surface area contributed by atoms with Crippen molar-refractivity contribution in [3.8, 4) is 0 Å². The SMILES string of the molecule is CCCC(C(=O)NC(CCSC)C(=O)O)N(C)CC(NC[C@H](N)CS)C(C)CC. The van der Waals surface area contributed by atoms with Crippen LogP contribution >= 0.6 is 24.4 Å². The highest BCUT2D eigenvalue weighted by Gasteiger charge is 2.29. The molecule has 0 aliphatic carbocycles. The molecule has 9 heteroatoms. The molecule has 0 radical (unpaired) electrons. The number of nitrogens with one attached hydrogen (secondary N) is 2. The third kappa shape index (κ3) is 11.5. The summed E-state index contributed by atoms with van der Waals surface area (Å²) in [6.07, 6.45) is 4.89. The lowest BCUT2D eigenvalue weighted by molar-refractivity contribution is -0.142. The van der Waals surface area contributed by atoms with Crippen LogP contribution in [0, 0.1) is 5.92 Å². The van der Waals surface area contributed by atoms with Gasteiger partial charge in [-0.2, -0.15) is 24.4 Å². The topological polar surface area (TPSA) is 108 Å². The first kappa shape index (κ1) is 28.5. The number of hydrogen-bond donors (Lipinski definition) is 5. The number of rotatable bonds is 17. The van der Waals surface area contributed by atoms with Crippen molar-refractivity contribution in [3.05, 3.63) is 0 Å². The Morgan fingerprint density at radius 2 is 1.93 bits per heavy atom. The average Bonchev–Trinajstić information content (AvgIpc) is 2.70. The molecule has 7 nitrogen and oxygen atoms in total. The summed E-state index contributed by atoms with van der Waals surface area (Å²) < 4.78 is 0. The minimum atomic E-state index is -0.981. The van der Waals surface area contributed by atoms with Crippen LogP contribution in [0.15, 0.2) is 0 Å². The van der Waals surface area contributed by atoms with Gasteiger partial charge in [-0.05, 0) is 37.8 Å². The van der Waals surface area contributed by atoms with Crippen LogP contribution in [0.3, 0.4) is 0 Å². The molecule has 5 atom stereocenters. The summed E-state index contributed by atoms with van der Waals surface area (Å²) in [6, 6.07) is -1.03. The number of nitrogens with zero attached hydrogens (tertiary/aromatic N) is 1. The van der Waals surface area contributed by atoms with Gasteiger partial charge in [-0.3, -0.25) is 9.69 Å². The number of thiol groups is 1. The maximum atomic E-state index is 12.9. The van der Waals surface area contributed by atoms with Crippen molar-refractivity contribution in [1.29, 1.82) is 0 Å². The highest BCUT2D eigenvalue weighted by Crippen LogP contribution is 2.14. The van der Waals surface area contributed by atoms with Crippen molar-refractivity contribution in [2.45, 2.75) is 70.6 Å². The Balaban J connectivity index is 5.14. The lowest BCUT2D eigenvalue weighted by Crippen LogP contribution is -2.55. The zero-order valence-electron chi connectivity index (χ0n) is 18.7. The average molecular weight is 451 g/mol. The van der Waals surface area contributed by atoms with Crippen LogP contribution in [0.25, 0.3) is 0 Å². The Hall–Kier alpha value is -0.480. The standard InChI is InChI=1S/C20H42N4O3S2/c1-6-8-18(19(25)23-16(20(26)27)9-10-29-5)24(4)12-17(14(3)7-2)22-11-15(21)13-28/h14-18,22,28H,6-13,21H2,1-5H3,(H,23,25)(H,26,27)/t14?,15-,16?,17?,18?/m0/s1. The molecule has 1 amide bonds. The van der Waals surface area contributed by atoms with E-state index in [-0.39, 0.29) is 24.0 Å². The lowest BCUT2D eigenvalue weighted by atomic mass is 9.97. The fourth-order valence-corrected chi connectivity index (χ4v) is 3.72. The first-order valence-electron chi connectivity index (χ1n) is 10.5. The zero-order valence-corrected chi connectivity index (χ0v) is 20.4. The molecule has 0 heterocycles. The van der Waals surface area contributed by atoms with Crippen LogP contribution in [0.4, 0.5) is 0 Å². The Morgan fingerprint density at radius 3 is 2.41 bits per heavy atom. The van der Waals surface area contributed by atoms with Gasteiger partial charge in [-0.15, -0.1) is 0 Å². The fourth-order valence-electron chi connectivity index (χ4n) is 3.12. The van der Waals surface area contributed by atoms with Gasteiger partial charge in [0.1, 0.15) is 6.04 Å². The molecule has 29 heavy (non-hydrogen) atoms.